The first-order chi connectivity index (χ1) is 35.2. The molecule has 8 nitrogen and oxygen atoms in total. The predicted octanol–water partition coefficient (Wildman–Crippen LogP) is 11.9. The fourth-order valence-electron chi connectivity index (χ4n) is 3.87. The molecule has 0 radical (unpaired) electrons. The predicted molar refractivity (Wildman–Crippen MR) is 141 cm³/mol. The molecule has 0 heterocycles. The monoisotopic (exact) mass is 1530 g/mol. The van der Waals surface area contributed by atoms with E-state index in [9.17, 15) is 239 Å². The van der Waals surface area contributed by atoms with Gasteiger partial charge < -0.3 is 19.8 Å². The van der Waals surface area contributed by atoms with Crippen molar-refractivity contribution >= 4 is 60.8 Å². The van der Waals surface area contributed by atoms with Gasteiger partial charge in [-0.05, 0) is 0 Å². The molecule has 504 valence electrons. The molecule has 0 fully saturated rings. The fourth-order valence-corrected chi connectivity index (χ4v) is 3.87. The topological polar surface area (TPSA) is 117 Å². The van der Waals surface area contributed by atoms with Gasteiger partial charge >= 0.3 is 193 Å². The zero-order valence-corrected chi connectivity index (χ0v) is 40.3. The van der Waals surface area contributed by atoms with Crippen LogP contribution in [-0.2, 0) is 28.5 Å². The van der Waals surface area contributed by atoms with Gasteiger partial charge in [0, 0.05) is 0 Å². The Kier molecular flexibility index (Phi) is 22.9. The molecule has 0 aromatic rings. The van der Waals surface area contributed by atoms with E-state index in [0.717, 1.165) is 9.47 Å². The number of hydrogen-bond donors (Lipinski definition) is 0. The minimum atomic E-state index is -9.38. The first-order valence-corrected chi connectivity index (χ1v) is 16.9. The molecule has 4 unspecified atom stereocenters. The standard InChI is InChI=1S/2C13HF25O4.Ba/c2*14-2(1(39)40,9(26,27)28)41-13(37,38)8(25,11(32,33)34)42-12(35,36)7(23,24)5(19,20)3(15,16)4(17,18)6(21,22)10(29,30)31;/h2*(H,39,40);/q;;+2/p-2. The normalized spacial score (nSPS) is 18.7. The summed E-state index contributed by atoms with van der Waals surface area (Å²) in [5.74, 6) is -134. The molecular formula is C26BaF50O8. The van der Waals surface area contributed by atoms with E-state index in [1.165, 1.54) is 9.47 Å². The van der Waals surface area contributed by atoms with Crippen molar-refractivity contribution < 1.29 is 258 Å². The number of rotatable bonds is 22. The molecule has 0 aliphatic rings. The summed E-state index contributed by atoms with van der Waals surface area (Å²) in [7, 11) is 0. The van der Waals surface area contributed by atoms with Crippen LogP contribution in [0.4, 0.5) is 220 Å². The number of carboxylic acid groups (broad SMARTS) is 2. The molecule has 0 rings (SSSR count). The Morgan fingerprint density at radius 3 is 0.482 bits per heavy atom. The average molecular weight is 1530 g/mol. The van der Waals surface area contributed by atoms with E-state index >= 15 is 0 Å². The maximum absolute atomic E-state index is 13.9. The second kappa shape index (κ2) is 22.7. The summed E-state index contributed by atoms with van der Waals surface area (Å²) in [6.45, 7) is 0. The first kappa shape index (κ1) is 86.1. The van der Waals surface area contributed by atoms with Crippen LogP contribution in [0.15, 0.2) is 0 Å². The summed E-state index contributed by atoms with van der Waals surface area (Å²) >= 11 is 0. The number of halogens is 50. The zero-order chi connectivity index (χ0) is 70.0. The van der Waals surface area contributed by atoms with Gasteiger partial charge in [-0.2, -0.15) is 220 Å². The van der Waals surface area contributed by atoms with Crippen LogP contribution in [0.2, 0.25) is 0 Å². The van der Waals surface area contributed by atoms with Crippen molar-refractivity contribution in [2.45, 2.75) is 144 Å². The minimum absolute atomic E-state index is 0. The number of aliphatic carboxylic acids is 2. The average Bonchev–Trinajstić information content (AvgIpc) is 3.19. The van der Waals surface area contributed by atoms with Gasteiger partial charge in [-0.15, -0.1) is 0 Å². The SMILES string of the molecule is O=C([O-])C(F)(OC(F)(F)C(F)(OC(F)(F)C(F)(F)C(F)(F)C(F)(F)C(F)(F)C(F)(F)C(F)(F)F)C(F)(F)F)C(F)(F)F.O=C([O-])C(F)(OC(F)(F)C(F)(OC(F)(F)C(F)(F)C(F)(F)C(F)(F)C(F)(F)C(F)(F)C(F)(F)F)C(F)(F)F)C(F)(F)F.[Ba+2]. The van der Waals surface area contributed by atoms with E-state index in [0.29, 0.717) is 0 Å². The van der Waals surface area contributed by atoms with Gasteiger partial charge in [0.1, 0.15) is 11.9 Å². The van der Waals surface area contributed by atoms with E-state index in [4.69, 9.17) is 0 Å². The van der Waals surface area contributed by atoms with Crippen molar-refractivity contribution in [2.75, 3.05) is 0 Å². The van der Waals surface area contributed by atoms with E-state index in [2.05, 4.69) is 0 Å². The third-order valence-corrected chi connectivity index (χ3v) is 8.41. The Bertz CT molecular complexity index is 2180. The molecule has 85 heavy (non-hydrogen) atoms. The molecule has 0 aromatic heterocycles. The van der Waals surface area contributed by atoms with Gasteiger partial charge in [0.15, 0.2) is 0 Å². The van der Waals surface area contributed by atoms with Gasteiger partial charge in [-0.1, -0.05) is 0 Å². The number of hydrogen-bond acceptors (Lipinski definition) is 8. The Morgan fingerprint density at radius 2 is 0.353 bits per heavy atom. The largest absolute Gasteiger partial charge is 2.00 e. The quantitative estimate of drug-likeness (QED) is 0.0777. The maximum atomic E-state index is 13.9. The molecular weight excluding hydrogens is 1530 g/mol. The van der Waals surface area contributed by atoms with Crippen LogP contribution in [0.25, 0.3) is 0 Å². The van der Waals surface area contributed by atoms with Crippen LogP contribution in [-0.4, -0.2) is 205 Å². The third kappa shape index (κ3) is 13.2. The zero-order valence-electron chi connectivity index (χ0n) is 35.9. The van der Waals surface area contributed by atoms with Crippen molar-refractivity contribution in [3.8, 4) is 0 Å². The van der Waals surface area contributed by atoms with E-state index in [1.54, 1.807) is 0 Å². The van der Waals surface area contributed by atoms with Crippen LogP contribution >= 0.6 is 0 Å². The van der Waals surface area contributed by atoms with Crippen molar-refractivity contribution in [3.05, 3.63) is 0 Å². The Labute approximate surface area is 462 Å². The second-order valence-corrected chi connectivity index (χ2v) is 14.2. The minimum Gasteiger partial charge on any atom is -0.544 e. The molecule has 0 spiro atoms. The Morgan fingerprint density at radius 1 is 0.200 bits per heavy atom. The van der Waals surface area contributed by atoms with Crippen molar-refractivity contribution in [2.24, 2.45) is 0 Å². The van der Waals surface area contributed by atoms with Crippen LogP contribution in [0.5, 0.6) is 0 Å². The van der Waals surface area contributed by atoms with Gasteiger partial charge in [0.25, 0.3) is 0 Å². The molecule has 0 aromatic carbocycles. The number of alkyl halides is 50. The summed E-state index contributed by atoms with van der Waals surface area (Å²) < 4.78 is 652. The van der Waals surface area contributed by atoms with E-state index in [1.807, 2.05) is 0 Å². The van der Waals surface area contributed by atoms with Crippen molar-refractivity contribution in [1.29, 1.82) is 0 Å². The van der Waals surface area contributed by atoms with E-state index in [-0.39, 0.29) is 48.9 Å². The summed E-state index contributed by atoms with van der Waals surface area (Å²) in [6, 6.07) is 0. The number of carbonyl (C=O) groups excluding carboxylic acids is 2. The number of carbonyl (C=O) groups is 2. The molecule has 0 saturated heterocycles. The van der Waals surface area contributed by atoms with Gasteiger partial charge in [0.05, 0.1) is 0 Å². The third-order valence-electron chi connectivity index (χ3n) is 8.41. The smallest absolute Gasteiger partial charge is 0.544 e. The molecule has 0 saturated carbocycles. The summed E-state index contributed by atoms with van der Waals surface area (Å²) in [4.78, 5) is 20.2. The van der Waals surface area contributed by atoms with E-state index < -0.39 is 156 Å². The molecule has 0 amide bonds. The van der Waals surface area contributed by atoms with Crippen LogP contribution in [0, 0.1) is 0 Å². The molecule has 59 heteroatoms. The molecule has 0 N–H and O–H groups in total. The van der Waals surface area contributed by atoms with Gasteiger partial charge in [-0.3, -0.25) is 18.9 Å². The maximum Gasteiger partial charge on any atom is 2.00 e. The summed E-state index contributed by atoms with van der Waals surface area (Å²) in [6.07, 6.45) is -83.9. The Hall–Kier alpha value is -3.15. The molecule has 0 aliphatic heterocycles. The number of carboxylic acids is 2. The second-order valence-electron chi connectivity index (χ2n) is 14.2. The summed E-state index contributed by atoms with van der Waals surface area (Å²) in [5, 5.41) is 20.2. The van der Waals surface area contributed by atoms with Gasteiger partial charge in [-0.25, -0.2) is 0 Å². The van der Waals surface area contributed by atoms with Crippen molar-refractivity contribution in [1.82, 2.24) is 0 Å². The molecule has 4 atom stereocenters. The fraction of sp³-hybridized carbons (Fsp3) is 0.923. The van der Waals surface area contributed by atoms with Crippen molar-refractivity contribution in [3.63, 3.8) is 0 Å². The molecule has 0 aliphatic carbocycles. The molecule has 0 bridgehead atoms. The Balaban J connectivity index is -0.00000156. The van der Waals surface area contributed by atoms with Crippen LogP contribution in [0.1, 0.15) is 0 Å². The van der Waals surface area contributed by atoms with Crippen LogP contribution in [0.3, 0.4) is 0 Å². The summed E-state index contributed by atoms with van der Waals surface area (Å²) in [5.41, 5.74) is 0. The first-order valence-electron chi connectivity index (χ1n) is 16.9. The number of ether oxygens (including phenoxy) is 4. The van der Waals surface area contributed by atoms with Gasteiger partial charge in [0.2, 0.25) is 0 Å². The van der Waals surface area contributed by atoms with Crippen LogP contribution < -0.4 is 10.2 Å².